The maximum Gasteiger partial charge on any atom is 0.242 e. The van der Waals surface area contributed by atoms with Crippen molar-refractivity contribution in [3.63, 3.8) is 0 Å². The average Bonchev–Trinajstić information content (AvgIpc) is 3.18. The molecule has 0 saturated carbocycles. The van der Waals surface area contributed by atoms with Crippen molar-refractivity contribution < 1.29 is 22.4 Å². The molecule has 0 unspecified atom stereocenters. The maximum absolute atomic E-state index is 12.3. The zero-order valence-electron chi connectivity index (χ0n) is 15.5. The van der Waals surface area contributed by atoms with E-state index in [0.717, 1.165) is 0 Å². The lowest BCUT2D eigenvalue weighted by Crippen LogP contribution is -2.24. The van der Waals surface area contributed by atoms with Crippen LogP contribution < -0.4 is 14.2 Å². The summed E-state index contributed by atoms with van der Waals surface area (Å²) in [6.45, 7) is -0.149. The van der Waals surface area contributed by atoms with Crippen molar-refractivity contribution in [2.75, 3.05) is 14.2 Å². The standard InChI is InChI=1S/C18H17Cl2N3O5S/c1-26-15-6-4-12(8-16(15)27-2)18-22-17(28-23-18)9-21-29(24,25)10-11-3-5-13(19)14(20)7-11/h3-8,21H,9-10H2,1-2H3. The number of hydrogen-bond acceptors (Lipinski definition) is 7. The Morgan fingerprint density at radius 1 is 1.03 bits per heavy atom. The highest BCUT2D eigenvalue weighted by Gasteiger charge is 2.16. The van der Waals surface area contributed by atoms with E-state index < -0.39 is 10.0 Å². The Kier molecular flexibility index (Phi) is 6.63. The minimum absolute atomic E-state index is 0.118. The Hall–Kier alpha value is -2.33. The van der Waals surface area contributed by atoms with Gasteiger partial charge in [0, 0.05) is 5.56 Å². The molecule has 1 aromatic heterocycles. The molecule has 0 spiro atoms. The molecule has 0 aliphatic carbocycles. The molecule has 1 N–H and O–H groups in total. The molecule has 0 aliphatic rings. The highest BCUT2D eigenvalue weighted by Crippen LogP contribution is 2.31. The minimum Gasteiger partial charge on any atom is -0.493 e. The Morgan fingerprint density at radius 3 is 2.48 bits per heavy atom. The van der Waals surface area contributed by atoms with E-state index in [2.05, 4.69) is 14.9 Å². The molecule has 0 fully saturated rings. The van der Waals surface area contributed by atoms with Crippen LogP contribution in [0.5, 0.6) is 11.5 Å². The van der Waals surface area contributed by atoms with E-state index in [0.29, 0.717) is 33.5 Å². The molecule has 11 heteroatoms. The number of sulfonamides is 1. The lowest BCUT2D eigenvalue weighted by atomic mass is 10.2. The molecule has 29 heavy (non-hydrogen) atoms. The van der Waals surface area contributed by atoms with Gasteiger partial charge in [0.15, 0.2) is 11.5 Å². The van der Waals surface area contributed by atoms with Crippen LogP contribution in [0.2, 0.25) is 10.0 Å². The van der Waals surface area contributed by atoms with Gasteiger partial charge < -0.3 is 14.0 Å². The van der Waals surface area contributed by atoms with E-state index in [9.17, 15) is 8.42 Å². The molecule has 0 bridgehead atoms. The molecule has 0 amide bonds. The summed E-state index contributed by atoms with van der Waals surface area (Å²) >= 11 is 11.8. The van der Waals surface area contributed by atoms with E-state index in [1.165, 1.54) is 20.3 Å². The summed E-state index contributed by atoms with van der Waals surface area (Å²) in [6, 6.07) is 9.79. The predicted octanol–water partition coefficient (Wildman–Crippen LogP) is 3.68. The molecule has 0 atom stereocenters. The monoisotopic (exact) mass is 457 g/mol. The number of hydrogen-bond donors (Lipinski definition) is 1. The van der Waals surface area contributed by atoms with Gasteiger partial charge in [0.2, 0.25) is 21.7 Å². The Labute approximate surface area is 177 Å². The summed E-state index contributed by atoms with van der Waals surface area (Å²) in [7, 11) is -0.598. The fourth-order valence-corrected chi connectivity index (χ4v) is 3.88. The van der Waals surface area contributed by atoms with Gasteiger partial charge in [0.25, 0.3) is 0 Å². The van der Waals surface area contributed by atoms with Crippen LogP contribution in [0.4, 0.5) is 0 Å². The molecule has 3 rings (SSSR count). The number of ether oxygens (including phenoxy) is 2. The van der Waals surface area contributed by atoms with Crippen LogP contribution in [0.25, 0.3) is 11.4 Å². The number of rotatable bonds is 8. The normalized spacial score (nSPS) is 11.4. The van der Waals surface area contributed by atoms with Crippen molar-refractivity contribution >= 4 is 33.2 Å². The van der Waals surface area contributed by atoms with E-state index in [4.69, 9.17) is 37.2 Å². The van der Waals surface area contributed by atoms with Gasteiger partial charge >= 0.3 is 0 Å². The molecular formula is C18H17Cl2N3O5S. The third kappa shape index (κ3) is 5.39. The van der Waals surface area contributed by atoms with E-state index >= 15 is 0 Å². The summed E-state index contributed by atoms with van der Waals surface area (Å²) < 4.78 is 42.6. The predicted molar refractivity (Wildman–Crippen MR) is 109 cm³/mol. The van der Waals surface area contributed by atoms with Gasteiger partial charge in [0.05, 0.1) is 36.6 Å². The molecular weight excluding hydrogens is 441 g/mol. The van der Waals surface area contributed by atoms with Crippen LogP contribution in [0.3, 0.4) is 0 Å². The van der Waals surface area contributed by atoms with Crippen molar-refractivity contribution in [1.29, 1.82) is 0 Å². The van der Waals surface area contributed by atoms with Crippen LogP contribution in [-0.2, 0) is 22.3 Å². The molecule has 8 nitrogen and oxygen atoms in total. The molecule has 0 radical (unpaired) electrons. The minimum atomic E-state index is -3.65. The Bertz CT molecular complexity index is 1120. The third-order valence-electron chi connectivity index (χ3n) is 3.89. The number of benzene rings is 2. The van der Waals surface area contributed by atoms with E-state index in [1.54, 1.807) is 30.3 Å². The zero-order chi connectivity index (χ0) is 21.0. The lowest BCUT2D eigenvalue weighted by molar-refractivity contribution is 0.355. The summed E-state index contributed by atoms with van der Waals surface area (Å²) in [5, 5.41) is 4.52. The van der Waals surface area contributed by atoms with Crippen molar-refractivity contribution in [3.8, 4) is 22.9 Å². The van der Waals surface area contributed by atoms with Gasteiger partial charge in [-0.05, 0) is 35.9 Å². The SMILES string of the molecule is COc1ccc(-c2noc(CNS(=O)(=O)Cc3ccc(Cl)c(Cl)c3)n2)cc1OC. The van der Waals surface area contributed by atoms with Gasteiger partial charge in [0.1, 0.15) is 0 Å². The van der Waals surface area contributed by atoms with Gasteiger partial charge in [-0.25, -0.2) is 13.1 Å². The van der Waals surface area contributed by atoms with E-state index in [-0.39, 0.29) is 23.2 Å². The molecule has 3 aromatic rings. The Balaban J connectivity index is 1.67. The summed E-state index contributed by atoms with van der Waals surface area (Å²) in [6.07, 6.45) is 0. The summed E-state index contributed by atoms with van der Waals surface area (Å²) in [4.78, 5) is 4.21. The maximum atomic E-state index is 12.3. The van der Waals surface area contributed by atoms with Gasteiger partial charge in [-0.2, -0.15) is 4.98 Å². The van der Waals surface area contributed by atoms with Crippen LogP contribution in [0.15, 0.2) is 40.9 Å². The number of methoxy groups -OCH3 is 2. The van der Waals surface area contributed by atoms with Crippen molar-refractivity contribution in [3.05, 3.63) is 57.9 Å². The highest BCUT2D eigenvalue weighted by molar-refractivity contribution is 7.88. The van der Waals surface area contributed by atoms with Crippen LogP contribution in [0.1, 0.15) is 11.5 Å². The van der Waals surface area contributed by atoms with Crippen molar-refractivity contribution in [1.82, 2.24) is 14.9 Å². The first-order valence-corrected chi connectivity index (χ1v) is 10.7. The molecule has 1 heterocycles. The molecule has 2 aromatic carbocycles. The number of halogens is 2. The first-order valence-electron chi connectivity index (χ1n) is 8.27. The van der Waals surface area contributed by atoms with Gasteiger partial charge in [-0.1, -0.05) is 34.4 Å². The topological polar surface area (TPSA) is 104 Å². The molecule has 0 aliphatic heterocycles. The number of nitrogens with one attached hydrogen (secondary N) is 1. The van der Waals surface area contributed by atoms with E-state index in [1.807, 2.05) is 0 Å². The highest BCUT2D eigenvalue weighted by atomic mass is 35.5. The third-order valence-corrected chi connectivity index (χ3v) is 5.93. The average molecular weight is 458 g/mol. The van der Waals surface area contributed by atoms with Crippen LogP contribution >= 0.6 is 23.2 Å². The van der Waals surface area contributed by atoms with Crippen LogP contribution in [0, 0.1) is 0 Å². The van der Waals surface area contributed by atoms with Crippen molar-refractivity contribution in [2.24, 2.45) is 0 Å². The number of aromatic nitrogens is 2. The smallest absolute Gasteiger partial charge is 0.242 e. The molecule has 154 valence electrons. The number of nitrogens with zero attached hydrogens (tertiary/aromatic N) is 2. The zero-order valence-corrected chi connectivity index (χ0v) is 17.8. The summed E-state index contributed by atoms with van der Waals surface area (Å²) in [5.74, 6) is 1.23. The largest absolute Gasteiger partial charge is 0.493 e. The quantitative estimate of drug-likeness (QED) is 0.549. The first kappa shape index (κ1) is 21.4. The fourth-order valence-electron chi connectivity index (χ4n) is 2.49. The second-order valence-electron chi connectivity index (χ2n) is 5.91. The first-order chi connectivity index (χ1) is 13.8. The lowest BCUT2D eigenvalue weighted by Gasteiger charge is -2.07. The second-order valence-corrected chi connectivity index (χ2v) is 8.53. The van der Waals surface area contributed by atoms with Crippen LogP contribution in [-0.4, -0.2) is 32.8 Å². The second kappa shape index (κ2) is 9.00. The summed E-state index contributed by atoms with van der Waals surface area (Å²) in [5.41, 5.74) is 1.14. The fraction of sp³-hybridized carbons (Fsp3) is 0.222. The van der Waals surface area contributed by atoms with Crippen molar-refractivity contribution in [2.45, 2.75) is 12.3 Å². The molecule has 0 saturated heterocycles. The van der Waals surface area contributed by atoms with Gasteiger partial charge in [-0.3, -0.25) is 0 Å². The van der Waals surface area contributed by atoms with Gasteiger partial charge in [-0.15, -0.1) is 0 Å². The Morgan fingerprint density at radius 2 is 1.79 bits per heavy atom.